The summed E-state index contributed by atoms with van der Waals surface area (Å²) in [6.07, 6.45) is 5.65. The van der Waals surface area contributed by atoms with E-state index < -0.39 is 6.10 Å². The molecule has 0 heterocycles. The van der Waals surface area contributed by atoms with Crippen molar-refractivity contribution in [3.05, 3.63) is 35.4 Å². The van der Waals surface area contributed by atoms with Gasteiger partial charge in [0, 0.05) is 6.42 Å². The number of aliphatic hydroxyl groups is 1. The topological polar surface area (TPSA) is 29.5 Å². The zero-order valence-corrected chi connectivity index (χ0v) is 11.0. The van der Waals surface area contributed by atoms with Crippen LogP contribution in [-0.2, 0) is 11.2 Å². The van der Waals surface area contributed by atoms with E-state index in [1.165, 1.54) is 18.4 Å². The van der Waals surface area contributed by atoms with Gasteiger partial charge >= 0.3 is 0 Å². The van der Waals surface area contributed by atoms with Crippen molar-refractivity contribution >= 4 is 0 Å². The zero-order valence-electron chi connectivity index (χ0n) is 11.0. The highest BCUT2D eigenvalue weighted by Gasteiger charge is 2.34. The highest BCUT2D eigenvalue weighted by molar-refractivity contribution is 5.35. The minimum absolute atomic E-state index is 0.0299. The molecule has 0 aromatic heterocycles. The van der Waals surface area contributed by atoms with Crippen LogP contribution in [0, 0.1) is 5.92 Å². The van der Waals surface area contributed by atoms with Crippen molar-refractivity contribution in [2.24, 2.45) is 5.92 Å². The van der Waals surface area contributed by atoms with Gasteiger partial charge in [-0.15, -0.1) is 0 Å². The third-order valence-corrected chi connectivity index (χ3v) is 4.40. The molecule has 2 aliphatic carbocycles. The Kier molecular flexibility index (Phi) is 3.40. The largest absolute Gasteiger partial charge is 0.386 e. The highest BCUT2D eigenvalue weighted by Crippen LogP contribution is 2.36. The molecule has 2 aliphatic rings. The number of benzene rings is 1. The quantitative estimate of drug-likeness (QED) is 0.868. The molecule has 1 fully saturated rings. The van der Waals surface area contributed by atoms with Crippen LogP contribution in [0.15, 0.2) is 24.3 Å². The van der Waals surface area contributed by atoms with Crippen molar-refractivity contribution in [2.45, 2.75) is 57.3 Å². The maximum Gasteiger partial charge on any atom is 0.106 e. The van der Waals surface area contributed by atoms with E-state index in [1.54, 1.807) is 0 Å². The minimum Gasteiger partial charge on any atom is -0.386 e. The molecular weight excluding hydrogens is 224 g/mol. The van der Waals surface area contributed by atoms with Crippen LogP contribution < -0.4 is 0 Å². The Morgan fingerprint density at radius 1 is 1.22 bits per heavy atom. The third-order valence-electron chi connectivity index (χ3n) is 4.40. The van der Waals surface area contributed by atoms with Crippen LogP contribution in [0.2, 0.25) is 0 Å². The van der Waals surface area contributed by atoms with Crippen LogP contribution in [-0.4, -0.2) is 17.3 Å². The van der Waals surface area contributed by atoms with E-state index in [0.29, 0.717) is 6.10 Å². The van der Waals surface area contributed by atoms with Crippen molar-refractivity contribution in [3.8, 4) is 0 Å². The van der Waals surface area contributed by atoms with Gasteiger partial charge in [0.1, 0.15) is 6.10 Å². The van der Waals surface area contributed by atoms with E-state index in [4.69, 9.17) is 4.74 Å². The summed E-state index contributed by atoms with van der Waals surface area (Å²) < 4.78 is 6.17. The average molecular weight is 246 g/mol. The third kappa shape index (κ3) is 2.32. The Morgan fingerprint density at radius 3 is 2.83 bits per heavy atom. The maximum atomic E-state index is 10.3. The molecule has 4 unspecified atom stereocenters. The molecule has 2 heteroatoms. The molecule has 1 aromatic carbocycles. The number of ether oxygens (including phenoxy) is 1. The van der Waals surface area contributed by atoms with Crippen LogP contribution in [0.3, 0.4) is 0 Å². The van der Waals surface area contributed by atoms with Crippen molar-refractivity contribution in [2.75, 3.05) is 0 Å². The summed E-state index contributed by atoms with van der Waals surface area (Å²) in [6, 6.07) is 8.15. The summed E-state index contributed by atoms with van der Waals surface area (Å²) in [6.45, 7) is 2.30. The molecule has 0 aliphatic heterocycles. The summed E-state index contributed by atoms with van der Waals surface area (Å²) in [7, 11) is 0. The van der Waals surface area contributed by atoms with E-state index in [0.717, 1.165) is 30.7 Å². The number of fused-ring (bicyclic) bond motifs is 1. The van der Waals surface area contributed by atoms with E-state index >= 15 is 0 Å². The first-order valence-corrected chi connectivity index (χ1v) is 7.15. The van der Waals surface area contributed by atoms with E-state index in [1.807, 2.05) is 18.2 Å². The normalized spacial score (nSPS) is 35.4. The molecule has 0 spiro atoms. The summed E-state index contributed by atoms with van der Waals surface area (Å²) in [5, 5.41) is 10.3. The lowest BCUT2D eigenvalue weighted by Crippen LogP contribution is -2.29. The van der Waals surface area contributed by atoms with Crippen LogP contribution in [0.5, 0.6) is 0 Å². The summed E-state index contributed by atoms with van der Waals surface area (Å²) in [5.74, 6) is 0.768. The van der Waals surface area contributed by atoms with E-state index in [9.17, 15) is 5.11 Å². The minimum atomic E-state index is -0.432. The second kappa shape index (κ2) is 5.02. The Labute approximate surface area is 109 Å². The first kappa shape index (κ1) is 12.2. The number of hydrogen-bond donors (Lipinski definition) is 1. The smallest absolute Gasteiger partial charge is 0.106 e. The highest BCUT2D eigenvalue weighted by atomic mass is 16.5. The lowest BCUT2D eigenvalue weighted by Gasteiger charge is -2.30. The van der Waals surface area contributed by atoms with Gasteiger partial charge in [0.15, 0.2) is 0 Å². The molecule has 0 bridgehead atoms. The fourth-order valence-electron chi connectivity index (χ4n) is 3.41. The van der Waals surface area contributed by atoms with Gasteiger partial charge in [-0.2, -0.15) is 0 Å². The molecular formula is C16H22O2. The predicted molar refractivity (Wildman–Crippen MR) is 71.4 cm³/mol. The molecule has 98 valence electrons. The predicted octanol–water partition coefficient (Wildman–Crippen LogP) is 3.24. The Balaban J connectivity index is 1.65. The fraction of sp³-hybridized carbons (Fsp3) is 0.625. The van der Waals surface area contributed by atoms with Crippen molar-refractivity contribution in [3.63, 3.8) is 0 Å². The van der Waals surface area contributed by atoms with Gasteiger partial charge in [0.25, 0.3) is 0 Å². The molecule has 0 saturated heterocycles. The van der Waals surface area contributed by atoms with Crippen molar-refractivity contribution in [1.82, 2.24) is 0 Å². The van der Waals surface area contributed by atoms with Gasteiger partial charge in [-0.3, -0.25) is 0 Å². The SMILES string of the molecule is CC1CCCC(OC2Cc3ccccc3C2O)C1. The second-order valence-corrected chi connectivity index (χ2v) is 5.92. The molecule has 0 amide bonds. The van der Waals surface area contributed by atoms with Gasteiger partial charge in [-0.05, 0) is 29.9 Å². The second-order valence-electron chi connectivity index (χ2n) is 5.92. The molecule has 2 nitrogen and oxygen atoms in total. The maximum absolute atomic E-state index is 10.3. The fourth-order valence-corrected chi connectivity index (χ4v) is 3.41. The van der Waals surface area contributed by atoms with E-state index in [2.05, 4.69) is 13.0 Å². The van der Waals surface area contributed by atoms with Gasteiger partial charge < -0.3 is 9.84 Å². The van der Waals surface area contributed by atoms with Gasteiger partial charge in [-0.1, -0.05) is 44.0 Å². The van der Waals surface area contributed by atoms with Gasteiger partial charge in [0.05, 0.1) is 12.2 Å². The molecule has 4 atom stereocenters. The summed E-state index contributed by atoms with van der Waals surface area (Å²) >= 11 is 0. The van der Waals surface area contributed by atoms with Gasteiger partial charge in [-0.25, -0.2) is 0 Å². The Bertz CT molecular complexity index is 415. The Hall–Kier alpha value is -0.860. The number of hydrogen-bond acceptors (Lipinski definition) is 2. The zero-order chi connectivity index (χ0) is 12.5. The molecule has 1 aromatic rings. The van der Waals surface area contributed by atoms with Crippen LogP contribution in [0.25, 0.3) is 0 Å². The molecule has 0 radical (unpaired) electrons. The first-order chi connectivity index (χ1) is 8.74. The monoisotopic (exact) mass is 246 g/mol. The van der Waals surface area contributed by atoms with Gasteiger partial charge in [0.2, 0.25) is 0 Å². The molecule has 1 saturated carbocycles. The summed E-state index contributed by atoms with van der Waals surface area (Å²) in [4.78, 5) is 0. The lowest BCUT2D eigenvalue weighted by molar-refractivity contribution is -0.0855. The van der Waals surface area contributed by atoms with Crippen molar-refractivity contribution in [1.29, 1.82) is 0 Å². The van der Waals surface area contributed by atoms with E-state index in [-0.39, 0.29) is 6.10 Å². The van der Waals surface area contributed by atoms with Crippen LogP contribution >= 0.6 is 0 Å². The molecule has 3 rings (SSSR count). The lowest BCUT2D eigenvalue weighted by atomic mass is 9.88. The van der Waals surface area contributed by atoms with Crippen LogP contribution in [0.1, 0.15) is 49.8 Å². The molecule has 18 heavy (non-hydrogen) atoms. The Morgan fingerprint density at radius 2 is 2.06 bits per heavy atom. The molecule has 1 N–H and O–H groups in total. The standard InChI is InChI=1S/C16H22O2/c1-11-5-4-7-13(9-11)18-15-10-12-6-2-3-8-14(12)16(15)17/h2-3,6,8,11,13,15-17H,4-5,7,9-10H2,1H3. The first-order valence-electron chi connectivity index (χ1n) is 7.15. The average Bonchev–Trinajstić information content (AvgIpc) is 2.67. The van der Waals surface area contributed by atoms with Crippen molar-refractivity contribution < 1.29 is 9.84 Å². The number of rotatable bonds is 2. The number of aliphatic hydroxyl groups excluding tert-OH is 1. The van der Waals surface area contributed by atoms with Crippen LogP contribution in [0.4, 0.5) is 0 Å². The summed E-state index contributed by atoms with van der Waals surface area (Å²) in [5.41, 5.74) is 2.31.